The molecule has 0 spiro atoms. The van der Waals surface area contributed by atoms with E-state index in [-0.39, 0.29) is 5.91 Å². The van der Waals surface area contributed by atoms with Crippen molar-refractivity contribution >= 4 is 5.91 Å². The molecule has 2 fully saturated rings. The monoisotopic (exact) mass is 409 g/mol. The Balaban J connectivity index is 1.40. The van der Waals surface area contributed by atoms with Crippen LogP contribution in [0, 0.1) is 5.92 Å². The third-order valence-corrected chi connectivity index (χ3v) is 6.47. The molecule has 0 radical (unpaired) electrons. The Hall–Kier alpha value is -2.14. The van der Waals surface area contributed by atoms with Crippen molar-refractivity contribution in [3.05, 3.63) is 41.8 Å². The van der Waals surface area contributed by atoms with Crippen LogP contribution in [0.2, 0.25) is 0 Å². The Morgan fingerprint density at radius 3 is 2.43 bits per heavy atom. The van der Waals surface area contributed by atoms with Crippen molar-refractivity contribution in [2.45, 2.75) is 64.8 Å². The zero-order chi connectivity index (χ0) is 20.9. The minimum atomic E-state index is 0.166. The second kappa shape index (κ2) is 9.78. The summed E-state index contributed by atoms with van der Waals surface area (Å²) >= 11 is 0. The van der Waals surface area contributed by atoms with Crippen LogP contribution in [-0.4, -0.2) is 52.9 Å². The van der Waals surface area contributed by atoms with E-state index in [0.29, 0.717) is 18.2 Å². The van der Waals surface area contributed by atoms with Crippen molar-refractivity contribution in [1.82, 2.24) is 14.8 Å². The molecule has 1 aromatic carbocycles. The first-order chi connectivity index (χ1) is 14.6. The van der Waals surface area contributed by atoms with Crippen molar-refractivity contribution in [1.29, 1.82) is 0 Å². The lowest BCUT2D eigenvalue weighted by Gasteiger charge is -2.40. The molecule has 1 saturated heterocycles. The van der Waals surface area contributed by atoms with Gasteiger partial charge in [-0.05, 0) is 37.3 Å². The van der Waals surface area contributed by atoms with Gasteiger partial charge in [0, 0.05) is 37.8 Å². The summed E-state index contributed by atoms with van der Waals surface area (Å²) < 4.78 is 6.11. The van der Waals surface area contributed by atoms with E-state index in [9.17, 15) is 4.79 Å². The van der Waals surface area contributed by atoms with Gasteiger partial charge in [0.2, 0.25) is 11.8 Å². The zero-order valence-electron chi connectivity index (χ0n) is 18.5. The largest absolute Gasteiger partial charge is 0.440 e. The Morgan fingerprint density at radius 1 is 1.07 bits per heavy atom. The molecule has 1 amide bonds. The fraction of sp³-hybridized carbons (Fsp3) is 0.600. The highest BCUT2D eigenvalue weighted by molar-refractivity contribution is 5.78. The lowest BCUT2D eigenvalue weighted by Crippen LogP contribution is -2.52. The second-order valence-electron chi connectivity index (χ2n) is 9.24. The molecule has 5 heteroatoms. The molecule has 1 aromatic heterocycles. The van der Waals surface area contributed by atoms with Gasteiger partial charge >= 0.3 is 0 Å². The SMILES string of the molecule is CC(C)Cc1nc(-c2ccccc2)oc1CC(=O)N1CCN(C2CCCCC2)CC1. The predicted molar refractivity (Wildman–Crippen MR) is 119 cm³/mol. The number of amides is 1. The van der Waals surface area contributed by atoms with Crippen molar-refractivity contribution in [3.63, 3.8) is 0 Å². The molecule has 2 aliphatic rings. The van der Waals surface area contributed by atoms with Crippen LogP contribution in [-0.2, 0) is 17.6 Å². The van der Waals surface area contributed by atoms with Crippen molar-refractivity contribution in [2.75, 3.05) is 26.2 Å². The van der Waals surface area contributed by atoms with E-state index in [1.807, 2.05) is 35.2 Å². The molecule has 1 aliphatic heterocycles. The summed E-state index contributed by atoms with van der Waals surface area (Å²) in [5.74, 6) is 1.99. The molecule has 30 heavy (non-hydrogen) atoms. The number of benzene rings is 1. The number of rotatable bonds is 6. The minimum absolute atomic E-state index is 0.166. The Labute approximate surface area is 180 Å². The maximum Gasteiger partial charge on any atom is 0.230 e. The van der Waals surface area contributed by atoms with Gasteiger partial charge in [-0.2, -0.15) is 0 Å². The van der Waals surface area contributed by atoms with Crippen LogP contribution >= 0.6 is 0 Å². The van der Waals surface area contributed by atoms with E-state index in [2.05, 4.69) is 18.7 Å². The van der Waals surface area contributed by atoms with E-state index < -0.39 is 0 Å². The van der Waals surface area contributed by atoms with Gasteiger partial charge in [-0.15, -0.1) is 0 Å². The molecule has 5 nitrogen and oxygen atoms in total. The first-order valence-corrected chi connectivity index (χ1v) is 11.7. The molecule has 0 N–H and O–H groups in total. The third-order valence-electron chi connectivity index (χ3n) is 6.47. The number of hydrogen-bond donors (Lipinski definition) is 0. The van der Waals surface area contributed by atoms with Crippen molar-refractivity contribution in [3.8, 4) is 11.5 Å². The van der Waals surface area contributed by atoms with Gasteiger partial charge in [-0.25, -0.2) is 4.98 Å². The van der Waals surface area contributed by atoms with Crippen LogP contribution in [0.3, 0.4) is 0 Å². The van der Waals surface area contributed by atoms with Gasteiger partial charge in [0.1, 0.15) is 5.76 Å². The van der Waals surface area contributed by atoms with Crippen LogP contribution in [0.15, 0.2) is 34.7 Å². The second-order valence-corrected chi connectivity index (χ2v) is 9.24. The van der Waals surface area contributed by atoms with Crippen LogP contribution in [0.4, 0.5) is 0 Å². The first-order valence-electron chi connectivity index (χ1n) is 11.7. The molecule has 2 aromatic rings. The highest BCUT2D eigenvalue weighted by Gasteiger charge is 2.28. The van der Waals surface area contributed by atoms with Gasteiger partial charge in [-0.3, -0.25) is 9.69 Å². The summed E-state index contributed by atoms with van der Waals surface area (Å²) in [4.78, 5) is 22.4. The zero-order valence-corrected chi connectivity index (χ0v) is 18.5. The molecule has 0 atom stereocenters. The molecule has 1 aliphatic carbocycles. The third kappa shape index (κ3) is 5.12. The summed E-state index contributed by atoms with van der Waals surface area (Å²) in [6.45, 7) is 8.00. The highest BCUT2D eigenvalue weighted by atomic mass is 16.4. The quantitative estimate of drug-likeness (QED) is 0.702. The topological polar surface area (TPSA) is 49.6 Å². The Morgan fingerprint density at radius 2 is 1.77 bits per heavy atom. The number of aromatic nitrogens is 1. The van der Waals surface area contributed by atoms with E-state index in [0.717, 1.165) is 55.7 Å². The highest BCUT2D eigenvalue weighted by Crippen LogP contribution is 2.26. The molecule has 0 unspecified atom stereocenters. The first kappa shape index (κ1) is 21.1. The normalized spacial score (nSPS) is 18.8. The lowest BCUT2D eigenvalue weighted by molar-refractivity contribution is -0.132. The standard InChI is InChI=1S/C25H35N3O2/c1-19(2)17-22-23(30-25(26-22)20-9-5-3-6-10-20)18-24(29)28-15-13-27(14-16-28)21-11-7-4-8-12-21/h3,5-6,9-10,19,21H,4,7-8,11-18H2,1-2H3. The summed E-state index contributed by atoms with van der Waals surface area (Å²) in [6.07, 6.45) is 7.89. The maximum atomic E-state index is 13.1. The Bertz CT molecular complexity index is 816. The van der Waals surface area contributed by atoms with Crippen molar-refractivity contribution in [2.24, 2.45) is 5.92 Å². The molecule has 1 saturated carbocycles. The molecule has 162 valence electrons. The van der Waals surface area contributed by atoms with Gasteiger partial charge in [-0.1, -0.05) is 51.3 Å². The fourth-order valence-corrected chi connectivity index (χ4v) is 4.80. The lowest BCUT2D eigenvalue weighted by atomic mass is 9.94. The van der Waals surface area contributed by atoms with Gasteiger partial charge in [0.25, 0.3) is 0 Å². The molecule has 2 heterocycles. The van der Waals surface area contributed by atoms with Crippen LogP contribution in [0.5, 0.6) is 0 Å². The average molecular weight is 410 g/mol. The summed E-state index contributed by atoms with van der Waals surface area (Å²) in [6, 6.07) is 10.7. The van der Waals surface area contributed by atoms with E-state index in [4.69, 9.17) is 9.40 Å². The smallest absolute Gasteiger partial charge is 0.230 e. The summed E-state index contributed by atoms with van der Waals surface area (Å²) in [7, 11) is 0. The molecular formula is C25H35N3O2. The predicted octanol–water partition coefficient (Wildman–Crippen LogP) is 4.56. The number of hydrogen-bond acceptors (Lipinski definition) is 4. The minimum Gasteiger partial charge on any atom is -0.440 e. The fourth-order valence-electron chi connectivity index (χ4n) is 4.80. The molecular weight excluding hydrogens is 374 g/mol. The average Bonchev–Trinajstić information content (AvgIpc) is 3.16. The van der Waals surface area contributed by atoms with Crippen LogP contribution in [0.25, 0.3) is 11.5 Å². The number of carbonyl (C=O) groups excluding carboxylic acids is 1. The van der Waals surface area contributed by atoms with E-state index >= 15 is 0 Å². The van der Waals surface area contributed by atoms with Crippen LogP contribution in [0.1, 0.15) is 57.4 Å². The maximum absolute atomic E-state index is 13.1. The van der Waals surface area contributed by atoms with Gasteiger partial charge in [0.15, 0.2) is 0 Å². The van der Waals surface area contributed by atoms with E-state index in [1.54, 1.807) is 0 Å². The van der Waals surface area contributed by atoms with Gasteiger partial charge < -0.3 is 9.32 Å². The number of piperazine rings is 1. The molecule has 0 bridgehead atoms. The summed E-state index contributed by atoms with van der Waals surface area (Å²) in [5.41, 5.74) is 1.89. The Kier molecular flexibility index (Phi) is 6.88. The molecule has 4 rings (SSSR count). The number of nitrogens with zero attached hydrogens (tertiary/aromatic N) is 3. The number of oxazole rings is 1. The number of carbonyl (C=O) groups is 1. The van der Waals surface area contributed by atoms with Crippen LogP contribution < -0.4 is 0 Å². The van der Waals surface area contributed by atoms with Crippen molar-refractivity contribution < 1.29 is 9.21 Å². The van der Waals surface area contributed by atoms with E-state index in [1.165, 1.54) is 32.1 Å². The van der Waals surface area contributed by atoms with Gasteiger partial charge in [0.05, 0.1) is 12.1 Å². The summed E-state index contributed by atoms with van der Waals surface area (Å²) in [5, 5.41) is 0.